The van der Waals surface area contributed by atoms with E-state index >= 15 is 0 Å². The number of rotatable bonds is 4. The van der Waals surface area contributed by atoms with Gasteiger partial charge >= 0.3 is 6.18 Å². The lowest BCUT2D eigenvalue weighted by atomic mass is 9.92. The van der Waals surface area contributed by atoms with E-state index in [1.54, 1.807) is 30.1 Å². The second-order valence-electron chi connectivity index (χ2n) is 6.91. The molecule has 1 aromatic carbocycles. The van der Waals surface area contributed by atoms with Gasteiger partial charge in [-0.3, -0.25) is 4.79 Å². The van der Waals surface area contributed by atoms with Crippen LogP contribution in [0.15, 0.2) is 30.5 Å². The molecule has 0 aliphatic carbocycles. The molecule has 1 saturated heterocycles. The van der Waals surface area contributed by atoms with Crippen molar-refractivity contribution in [2.45, 2.75) is 37.5 Å². The van der Waals surface area contributed by atoms with Gasteiger partial charge in [-0.25, -0.2) is 4.68 Å². The molecule has 28 heavy (non-hydrogen) atoms. The molecule has 1 fully saturated rings. The van der Waals surface area contributed by atoms with Gasteiger partial charge in [0, 0.05) is 19.0 Å². The largest absolute Gasteiger partial charge is 0.497 e. The van der Waals surface area contributed by atoms with Crippen LogP contribution < -0.4 is 4.74 Å². The number of hydrogen-bond acceptors (Lipinski definition) is 5. The number of amides is 1. The van der Waals surface area contributed by atoms with Crippen LogP contribution in [0.5, 0.6) is 5.75 Å². The van der Waals surface area contributed by atoms with E-state index in [0.717, 1.165) is 16.3 Å². The number of nitrogens with zero attached hydrogens (tertiary/aromatic N) is 4. The molecule has 0 bridgehead atoms. The average Bonchev–Trinajstić information content (AvgIpc) is 3.16. The fourth-order valence-corrected chi connectivity index (χ4v) is 3.25. The monoisotopic (exact) mass is 398 g/mol. The van der Waals surface area contributed by atoms with Crippen molar-refractivity contribution in [3.8, 4) is 11.4 Å². The standard InChI is InChI=1S/C18H21F3N4O3/c1-17(27,18(19,20)21)16(26)24-9-7-12(8-10-24)15-11-22-23-25(15)13-3-5-14(28-2)6-4-13/h3-6,11-12,27H,7-10H2,1-2H3. The zero-order valence-corrected chi connectivity index (χ0v) is 15.5. The summed E-state index contributed by atoms with van der Waals surface area (Å²) in [7, 11) is 1.57. The normalized spacial score (nSPS) is 18.0. The summed E-state index contributed by atoms with van der Waals surface area (Å²) in [5.74, 6) is -0.633. The van der Waals surface area contributed by atoms with Gasteiger partial charge in [0.25, 0.3) is 5.91 Å². The van der Waals surface area contributed by atoms with E-state index in [9.17, 15) is 23.1 Å². The number of halogens is 3. The van der Waals surface area contributed by atoms with Crippen molar-refractivity contribution in [2.75, 3.05) is 20.2 Å². The Hall–Kier alpha value is -2.62. The van der Waals surface area contributed by atoms with Crippen LogP contribution in [0.4, 0.5) is 13.2 Å². The third-order valence-corrected chi connectivity index (χ3v) is 5.06. The van der Waals surface area contributed by atoms with Crippen molar-refractivity contribution >= 4 is 5.91 Å². The zero-order chi connectivity index (χ0) is 20.5. The molecule has 1 aliphatic heterocycles. The summed E-state index contributed by atoms with van der Waals surface area (Å²) < 4.78 is 45.5. The minimum Gasteiger partial charge on any atom is -0.497 e. The first-order valence-corrected chi connectivity index (χ1v) is 8.78. The molecular weight excluding hydrogens is 377 g/mol. The Morgan fingerprint density at radius 1 is 1.21 bits per heavy atom. The van der Waals surface area contributed by atoms with Crippen LogP contribution in [-0.2, 0) is 4.79 Å². The maximum atomic E-state index is 12.9. The molecule has 1 atom stereocenters. The molecule has 10 heteroatoms. The summed E-state index contributed by atoms with van der Waals surface area (Å²) in [5, 5.41) is 17.7. The highest BCUT2D eigenvalue weighted by Crippen LogP contribution is 2.34. The fraction of sp³-hybridized carbons (Fsp3) is 0.500. The van der Waals surface area contributed by atoms with E-state index in [1.807, 2.05) is 12.1 Å². The van der Waals surface area contributed by atoms with E-state index < -0.39 is 17.7 Å². The van der Waals surface area contributed by atoms with Crippen molar-refractivity contribution in [1.29, 1.82) is 0 Å². The number of benzene rings is 1. The highest BCUT2D eigenvalue weighted by Gasteiger charge is 2.57. The summed E-state index contributed by atoms with van der Waals surface area (Å²) in [5.41, 5.74) is -1.78. The number of hydrogen-bond donors (Lipinski definition) is 1. The Morgan fingerprint density at radius 3 is 2.36 bits per heavy atom. The predicted octanol–water partition coefficient (Wildman–Crippen LogP) is 2.30. The van der Waals surface area contributed by atoms with Crippen LogP contribution in [0.1, 0.15) is 31.4 Å². The van der Waals surface area contributed by atoms with Crippen LogP contribution in [0.25, 0.3) is 5.69 Å². The molecule has 0 spiro atoms. The highest BCUT2D eigenvalue weighted by molar-refractivity contribution is 5.85. The maximum Gasteiger partial charge on any atom is 0.426 e. The molecule has 3 rings (SSSR count). The van der Waals surface area contributed by atoms with E-state index in [1.165, 1.54) is 0 Å². The van der Waals surface area contributed by atoms with Crippen LogP contribution in [0.3, 0.4) is 0 Å². The van der Waals surface area contributed by atoms with Gasteiger partial charge in [-0.2, -0.15) is 13.2 Å². The van der Waals surface area contributed by atoms with Crippen LogP contribution in [-0.4, -0.2) is 62.9 Å². The van der Waals surface area contributed by atoms with Crippen molar-refractivity contribution in [3.05, 3.63) is 36.2 Å². The second-order valence-corrected chi connectivity index (χ2v) is 6.91. The minimum atomic E-state index is -5.02. The van der Waals surface area contributed by atoms with Gasteiger partial charge in [0.05, 0.1) is 24.7 Å². The summed E-state index contributed by atoms with van der Waals surface area (Å²) in [6, 6.07) is 7.25. The molecule has 1 N–H and O–H groups in total. The number of likely N-dealkylation sites (tertiary alicyclic amines) is 1. The van der Waals surface area contributed by atoms with Crippen molar-refractivity contribution in [1.82, 2.24) is 19.9 Å². The Kier molecular flexibility index (Phi) is 5.33. The molecule has 0 radical (unpaired) electrons. The van der Waals surface area contributed by atoms with Crippen LogP contribution in [0, 0.1) is 0 Å². The van der Waals surface area contributed by atoms with E-state index in [4.69, 9.17) is 4.74 Å². The number of aromatic nitrogens is 3. The summed E-state index contributed by atoms with van der Waals surface area (Å²) in [6.07, 6.45) is -2.50. The zero-order valence-electron chi connectivity index (χ0n) is 15.5. The Labute approximate surface area is 159 Å². The third kappa shape index (κ3) is 3.68. The number of aliphatic hydroxyl groups is 1. The lowest BCUT2D eigenvalue weighted by Gasteiger charge is -2.36. The molecule has 2 aromatic rings. The van der Waals surface area contributed by atoms with E-state index in [-0.39, 0.29) is 19.0 Å². The predicted molar refractivity (Wildman–Crippen MR) is 93.1 cm³/mol. The minimum absolute atomic E-state index is 0.0167. The summed E-state index contributed by atoms with van der Waals surface area (Å²) in [6.45, 7) is 0.719. The SMILES string of the molecule is COc1ccc(-n2nncc2C2CCN(C(=O)C(C)(O)C(F)(F)F)CC2)cc1. The number of ether oxygens (including phenoxy) is 1. The molecule has 1 aliphatic rings. The maximum absolute atomic E-state index is 12.9. The van der Waals surface area contributed by atoms with Crippen molar-refractivity contribution < 1.29 is 27.8 Å². The van der Waals surface area contributed by atoms with Crippen molar-refractivity contribution in [2.24, 2.45) is 0 Å². The van der Waals surface area contributed by atoms with Gasteiger partial charge in [-0.05, 0) is 44.0 Å². The topological polar surface area (TPSA) is 80.5 Å². The molecule has 152 valence electrons. The summed E-state index contributed by atoms with van der Waals surface area (Å²) in [4.78, 5) is 13.2. The number of methoxy groups -OCH3 is 1. The van der Waals surface area contributed by atoms with Gasteiger partial charge in [-0.1, -0.05) is 5.21 Å². The molecule has 1 amide bonds. The van der Waals surface area contributed by atoms with Gasteiger partial charge in [-0.15, -0.1) is 5.10 Å². The lowest BCUT2D eigenvalue weighted by molar-refractivity contribution is -0.250. The quantitative estimate of drug-likeness (QED) is 0.855. The number of alkyl halides is 3. The van der Waals surface area contributed by atoms with Crippen LogP contribution >= 0.6 is 0 Å². The Morgan fingerprint density at radius 2 is 1.82 bits per heavy atom. The molecule has 2 heterocycles. The van der Waals surface area contributed by atoms with E-state index in [2.05, 4.69) is 10.3 Å². The Bertz CT molecular complexity index is 825. The average molecular weight is 398 g/mol. The number of carbonyl (C=O) groups excluding carboxylic acids is 1. The number of carbonyl (C=O) groups is 1. The first kappa shape index (κ1) is 20.1. The fourth-order valence-electron chi connectivity index (χ4n) is 3.25. The van der Waals surface area contributed by atoms with Gasteiger partial charge in [0.2, 0.25) is 5.60 Å². The molecular formula is C18H21F3N4O3. The lowest BCUT2D eigenvalue weighted by Crippen LogP contribution is -2.57. The first-order chi connectivity index (χ1) is 13.1. The third-order valence-electron chi connectivity index (χ3n) is 5.06. The van der Waals surface area contributed by atoms with Crippen molar-refractivity contribution in [3.63, 3.8) is 0 Å². The molecule has 7 nitrogen and oxygen atoms in total. The highest BCUT2D eigenvalue weighted by atomic mass is 19.4. The smallest absolute Gasteiger partial charge is 0.426 e. The van der Waals surface area contributed by atoms with Gasteiger partial charge in [0.1, 0.15) is 5.75 Å². The summed E-state index contributed by atoms with van der Waals surface area (Å²) >= 11 is 0. The Balaban J connectivity index is 1.71. The molecule has 1 aromatic heterocycles. The molecule has 0 saturated carbocycles. The van der Waals surface area contributed by atoms with Gasteiger partial charge < -0.3 is 14.7 Å². The first-order valence-electron chi connectivity index (χ1n) is 8.78. The van der Waals surface area contributed by atoms with Gasteiger partial charge in [0.15, 0.2) is 0 Å². The van der Waals surface area contributed by atoms with Crippen LogP contribution in [0.2, 0.25) is 0 Å². The number of piperidine rings is 1. The second kappa shape index (κ2) is 7.42. The van der Waals surface area contributed by atoms with E-state index in [0.29, 0.717) is 25.5 Å². The molecule has 1 unspecified atom stereocenters.